The molecule has 1 aromatic rings. The summed E-state index contributed by atoms with van der Waals surface area (Å²) in [4.78, 5) is 0. The van der Waals surface area contributed by atoms with Crippen molar-refractivity contribution in [3.63, 3.8) is 0 Å². The van der Waals surface area contributed by atoms with Crippen LogP contribution in [0, 0.1) is 0 Å². The van der Waals surface area contributed by atoms with Crippen molar-refractivity contribution in [1.29, 1.82) is 0 Å². The maximum atomic E-state index is 5.99. The molecule has 0 saturated heterocycles. The summed E-state index contributed by atoms with van der Waals surface area (Å²) in [5, 5.41) is 0. The smallest absolute Gasteiger partial charge is 0.335 e. The molecule has 0 atom stereocenters. The van der Waals surface area contributed by atoms with Crippen LogP contribution in [0.5, 0.6) is 5.75 Å². The molecule has 0 heterocycles. The molecule has 0 spiro atoms. The van der Waals surface area contributed by atoms with E-state index in [-0.39, 0.29) is 0 Å². The number of hydrogen-bond acceptors (Lipinski definition) is 4. The van der Waals surface area contributed by atoms with Crippen molar-refractivity contribution in [1.82, 2.24) is 0 Å². The van der Waals surface area contributed by atoms with E-state index in [2.05, 4.69) is 20.4 Å². The van der Waals surface area contributed by atoms with Gasteiger partial charge < -0.3 is 19.3 Å². The Morgan fingerprint density at radius 1 is 0.952 bits per heavy atom. The molecule has 4 nitrogen and oxygen atoms in total. The molecule has 0 fully saturated rings. The average Bonchev–Trinajstić information content (AvgIpc) is 2.49. The summed E-state index contributed by atoms with van der Waals surface area (Å²) >= 11 is 0. The molecule has 120 valence electrons. The summed E-state index contributed by atoms with van der Waals surface area (Å²) in [5.41, 5.74) is 6.40. The first kappa shape index (κ1) is 18.0. The fourth-order valence-electron chi connectivity index (χ4n) is 1.97. The number of rotatable bonds is 11. The van der Waals surface area contributed by atoms with Gasteiger partial charge in [-0.25, -0.2) is 0 Å². The Balaban J connectivity index is 2.33. The molecular formula is C16H29NO3Si. The second-order valence-electron chi connectivity index (χ2n) is 5.35. The molecule has 0 amide bonds. The van der Waals surface area contributed by atoms with Crippen LogP contribution < -0.4 is 10.5 Å². The fourth-order valence-corrected chi connectivity index (χ4v) is 4.40. The highest BCUT2D eigenvalue weighted by molar-refractivity contribution is 6.66. The van der Waals surface area contributed by atoms with E-state index in [9.17, 15) is 0 Å². The van der Waals surface area contributed by atoms with Gasteiger partial charge in [-0.1, -0.05) is 13.8 Å². The van der Waals surface area contributed by atoms with Gasteiger partial charge in [-0.2, -0.15) is 0 Å². The van der Waals surface area contributed by atoms with Crippen LogP contribution in [0.1, 0.15) is 33.1 Å². The maximum absolute atomic E-state index is 5.99. The van der Waals surface area contributed by atoms with Gasteiger partial charge in [0, 0.05) is 18.9 Å². The van der Waals surface area contributed by atoms with Gasteiger partial charge in [0.2, 0.25) is 0 Å². The quantitative estimate of drug-likeness (QED) is 0.382. The molecule has 0 aliphatic rings. The highest BCUT2D eigenvalue weighted by Gasteiger charge is 2.30. The van der Waals surface area contributed by atoms with Crippen molar-refractivity contribution in [3.05, 3.63) is 24.3 Å². The van der Waals surface area contributed by atoms with Crippen molar-refractivity contribution in [2.24, 2.45) is 0 Å². The lowest BCUT2D eigenvalue weighted by Crippen LogP contribution is -2.39. The molecule has 0 aromatic heterocycles. The third-order valence-electron chi connectivity index (χ3n) is 3.15. The van der Waals surface area contributed by atoms with E-state index in [1.54, 1.807) is 0 Å². The van der Waals surface area contributed by atoms with Crippen molar-refractivity contribution in [3.8, 4) is 5.75 Å². The Bertz CT molecular complexity index is 376. The molecular weight excluding hydrogens is 282 g/mol. The summed E-state index contributed by atoms with van der Waals surface area (Å²) in [6.07, 6.45) is 3.00. The summed E-state index contributed by atoms with van der Waals surface area (Å²) in [5.74, 6) is 0.858. The van der Waals surface area contributed by atoms with Crippen LogP contribution in [0.4, 0.5) is 5.69 Å². The van der Waals surface area contributed by atoms with Crippen molar-refractivity contribution >= 4 is 14.2 Å². The third-order valence-corrected chi connectivity index (χ3v) is 6.04. The number of nitrogen functional groups attached to an aromatic ring is 1. The van der Waals surface area contributed by atoms with Crippen molar-refractivity contribution in [2.75, 3.05) is 25.6 Å². The van der Waals surface area contributed by atoms with E-state index < -0.39 is 8.56 Å². The topological polar surface area (TPSA) is 53.7 Å². The van der Waals surface area contributed by atoms with Gasteiger partial charge in [-0.15, -0.1) is 0 Å². The van der Waals surface area contributed by atoms with E-state index >= 15 is 0 Å². The molecule has 1 rings (SSSR count). The van der Waals surface area contributed by atoms with Gasteiger partial charge in [0.15, 0.2) is 0 Å². The normalized spacial score (nSPS) is 11.6. The molecule has 0 unspecified atom stereocenters. The van der Waals surface area contributed by atoms with Gasteiger partial charge in [0.1, 0.15) is 5.75 Å². The Morgan fingerprint density at radius 2 is 1.52 bits per heavy atom. The van der Waals surface area contributed by atoms with E-state index in [1.807, 2.05) is 24.3 Å². The molecule has 21 heavy (non-hydrogen) atoms. The van der Waals surface area contributed by atoms with Crippen LogP contribution in [0.3, 0.4) is 0 Å². The zero-order valence-electron chi connectivity index (χ0n) is 13.6. The maximum Gasteiger partial charge on any atom is 0.335 e. The molecule has 0 aliphatic heterocycles. The standard InChI is InChI=1S/C16H29NO3Si/c1-4-11-19-21(3,20-12-5-2)14-6-13-18-16-9-7-15(17)8-10-16/h7-10H,4-6,11-14,17H2,1-3H3. The monoisotopic (exact) mass is 311 g/mol. The first-order valence-electron chi connectivity index (χ1n) is 7.86. The number of nitrogens with two attached hydrogens (primary N) is 1. The Kier molecular flexibility index (Phi) is 8.42. The molecule has 2 N–H and O–H groups in total. The van der Waals surface area contributed by atoms with Crippen LogP contribution in [0.15, 0.2) is 24.3 Å². The molecule has 0 bridgehead atoms. The molecule has 1 aromatic carbocycles. The minimum Gasteiger partial charge on any atom is -0.494 e. The van der Waals surface area contributed by atoms with E-state index in [4.69, 9.17) is 19.3 Å². The summed E-state index contributed by atoms with van der Waals surface area (Å²) in [6, 6.07) is 8.45. The minimum absolute atomic E-state index is 0.678. The van der Waals surface area contributed by atoms with Crippen molar-refractivity contribution in [2.45, 2.75) is 45.7 Å². The lowest BCUT2D eigenvalue weighted by Gasteiger charge is -2.27. The summed E-state index contributed by atoms with van der Waals surface area (Å²) in [6.45, 7) is 8.65. The Labute approximate surface area is 129 Å². The largest absolute Gasteiger partial charge is 0.494 e. The SMILES string of the molecule is CCCO[Si](C)(CCCOc1ccc(N)cc1)OCCC. The lowest BCUT2D eigenvalue weighted by molar-refractivity contribution is 0.170. The second kappa shape index (κ2) is 9.81. The van der Waals surface area contributed by atoms with Gasteiger partial charge >= 0.3 is 8.56 Å². The molecule has 0 aliphatic carbocycles. The van der Waals surface area contributed by atoms with Crippen molar-refractivity contribution < 1.29 is 13.6 Å². The predicted molar refractivity (Wildman–Crippen MR) is 89.9 cm³/mol. The molecule has 0 saturated carbocycles. The highest BCUT2D eigenvalue weighted by atomic mass is 28.4. The second-order valence-corrected chi connectivity index (χ2v) is 8.70. The van der Waals surface area contributed by atoms with Crippen LogP contribution in [0.2, 0.25) is 12.6 Å². The summed E-state index contributed by atoms with van der Waals surface area (Å²) < 4.78 is 17.7. The number of hydrogen-bond donors (Lipinski definition) is 1. The van der Waals surface area contributed by atoms with E-state index in [0.717, 1.165) is 50.0 Å². The van der Waals surface area contributed by atoms with Crippen LogP contribution in [-0.4, -0.2) is 28.4 Å². The zero-order chi connectivity index (χ0) is 15.6. The van der Waals surface area contributed by atoms with Gasteiger partial charge in [-0.3, -0.25) is 0 Å². The Morgan fingerprint density at radius 3 is 2.05 bits per heavy atom. The van der Waals surface area contributed by atoms with E-state index in [0.29, 0.717) is 6.61 Å². The first-order valence-corrected chi connectivity index (χ1v) is 10.4. The molecule has 0 radical (unpaired) electrons. The zero-order valence-corrected chi connectivity index (χ0v) is 14.6. The first-order chi connectivity index (χ1) is 10.1. The van der Waals surface area contributed by atoms with Crippen LogP contribution >= 0.6 is 0 Å². The van der Waals surface area contributed by atoms with Crippen LogP contribution in [-0.2, 0) is 8.85 Å². The van der Waals surface area contributed by atoms with Crippen LogP contribution in [0.25, 0.3) is 0 Å². The lowest BCUT2D eigenvalue weighted by atomic mass is 10.3. The van der Waals surface area contributed by atoms with Gasteiger partial charge in [0.05, 0.1) is 6.61 Å². The fraction of sp³-hybridized carbons (Fsp3) is 0.625. The number of benzene rings is 1. The predicted octanol–water partition coefficient (Wildman–Crippen LogP) is 3.96. The van der Waals surface area contributed by atoms with Gasteiger partial charge in [0.25, 0.3) is 0 Å². The highest BCUT2D eigenvalue weighted by Crippen LogP contribution is 2.18. The number of ether oxygens (including phenoxy) is 1. The Hall–Kier alpha value is -1.04. The van der Waals surface area contributed by atoms with Gasteiger partial charge in [-0.05, 0) is 56.1 Å². The average molecular weight is 311 g/mol. The third kappa shape index (κ3) is 7.50. The number of anilines is 1. The summed E-state index contributed by atoms with van der Waals surface area (Å²) in [7, 11) is -2.04. The minimum atomic E-state index is -2.04. The van der Waals surface area contributed by atoms with E-state index in [1.165, 1.54) is 0 Å². The molecule has 5 heteroatoms.